The quantitative estimate of drug-likeness (QED) is 0.793. The maximum atomic E-state index is 10.3. The molecule has 0 fully saturated rings. The third-order valence-corrected chi connectivity index (χ3v) is 1.73. The minimum atomic E-state index is -0.792. The van der Waals surface area contributed by atoms with Crippen LogP contribution in [-0.4, -0.2) is 26.0 Å². The number of hydrogen-bond donors (Lipinski definition) is 1. The Hall–Kier alpha value is -1.78. The van der Waals surface area contributed by atoms with E-state index < -0.39 is 5.97 Å². The highest BCUT2D eigenvalue weighted by Gasteiger charge is 2.00. The van der Waals surface area contributed by atoms with Gasteiger partial charge in [0, 0.05) is 5.57 Å². The molecule has 5 nitrogen and oxygen atoms in total. The topological polar surface area (TPSA) is 76.0 Å². The van der Waals surface area contributed by atoms with Crippen LogP contribution in [0.25, 0.3) is 0 Å². The Morgan fingerprint density at radius 1 is 1.38 bits per heavy atom. The van der Waals surface area contributed by atoms with Crippen molar-refractivity contribution in [1.82, 2.24) is 15.0 Å². The molecule has 0 aliphatic heterocycles. The van der Waals surface area contributed by atoms with Gasteiger partial charge in [-0.1, -0.05) is 19.9 Å². The van der Waals surface area contributed by atoms with Gasteiger partial charge in [-0.05, 0) is 19.8 Å². The van der Waals surface area contributed by atoms with Gasteiger partial charge in [0.2, 0.25) is 0 Å². The number of rotatable bonds is 3. The largest absolute Gasteiger partial charge is 0.478 e. The van der Waals surface area contributed by atoms with Crippen molar-refractivity contribution in [2.24, 2.45) is 0 Å². The van der Waals surface area contributed by atoms with Gasteiger partial charge in [-0.3, -0.25) is 0 Å². The van der Waals surface area contributed by atoms with Crippen LogP contribution in [-0.2, 0) is 4.79 Å². The molecular weight excluding hydrogens is 206 g/mol. The van der Waals surface area contributed by atoms with Gasteiger partial charge < -0.3 is 5.11 Å². The minimum Gasteiger partial charge on any atom is -0.478 e. The molecule has 1 heterocycles. The lowest BCUT2D eigenvalue weighted by Crippen LogP contribution is -1.98. The summed E-state index contributed by atoms with van der Waals surface area (Å²) in [5, 5.41) is 8.44. The third kappa shape index (κ3) is 6.64. The second-order valence-corrected chi connectivity index (χ2v) is 2.98. The number of carbonyl (C=O) groups is 1. The Kier molecular flexibility index (Phi) is 7.57. The molecule has 1 N–H and O–H groups in total. The highest BCUT2D eigenvalue weighted by molar-refractivity contribution is 5.86. The SMILES string of the molecule is CCC=C(CC)C(=O)O.Cc1ncncn1. The fourth-order valence-electron chi connectivity index (χ4n) is 0.926. The first-order valence-electron chi connectivity index (χ1n) is 5.12. The van der Waals surface area contributed by atoms with E-state index in [-0.39, 0.29) is 0 Å². The molecule has 1 aromatic heterocycles. The molecule has 0 aliphatic rings. The van der Waals surface area contributed by atoms with Crippen molar-refractivity contribution >= 4 is 5.97 Å². The van der Waals surface area contributed by atoms with Crippen LogP contribution >= 0.6 is 0 Å². The van der Waals surface area contributed by atoms with Crippen LogP contribution in [0.15, 0.2) is 24.3 Å². The van der Waals surface area contributed by atoms with Gasteiger partial charge in [0.15, 0.2) is 0 Å². The number of hydrogen-bond acceptors (Lipinski definition) is 4. The van der Waals surface area contributed by atoms with Crippen molar-refractivity contribution in [2.75, 3.05) is 0 Å². The van der Waals surface area contributed by atoms with E-state index in [1.165, 1.54) is 12.7 Å². The molecule has 0 spiro atoms. The summed E-state index contributed by atoms with van der Waals surface area (Å²) in [4.78, 5) is 21.4. The standard InChI is InChI=1S/C7H12O2.C4H5N3/c1-3-5-6(4-2)7(8)9;1-4-6-2-5-3-7-4/h5H,3-4H2,1-2H3,(H,8,9);2-3H,1H3. The number of aromatic nitrogens is 3. The summed E-state index contributed by atoms with van der Waals surface area (Å²) in [6, 6.07) is 0. The number of aryl methyl sites for hydroxylation is 1. The molecule has 0 saturated carbocycles. The van der Waals surface area contributed by atoms with Gasteiger partial charge in [-0.15, -0.1) is 0 Å². The monoisotopic (exact) mass is 223 g/mol. The van der Waals surface area contributed by atoms with Gasteiger partial charge in [0.05, 0.1) is 0 Å². The zero-order chi connectivity index (χ0) is 12.4. The third-order valence-electron chi connectivity index (χ3n) is 1.73. The van der Waals surface area contributed by atoms with Gasteiger partial charge >= 0.3 is 5.97 Å². The molecule has 16 heavy (non-hydrogen) atoms. The van der Waals surface area contributed by atoms with Crippen LogP contribution in [0.3, 0.4) is 0 Å². The summed E-state index contributed by atoms with van der Waals surface area (Å²) < 4.78 is 0. The summed E-state index contributed by atoms with van der Waals surface area (Å²) in [6.45, 7) is 5.59. The number of nitrogens with zero attached hydrogens (tertiary/aromatic N) is 3. The number of carboxylic acid groups (broad SMARTS) is 1. The molecule has 0 aliphatic carbocycles. The maximum absolute atomic E-state index is 10.3. The molecule has 1 rings (SSSR count). The predicted molar refractivity (Wildman–Crippen MR) is 60.9 cm³/mol. The van der Waals surface area contributed by atoms with Crippen LogP contribution in [0.1, 0.15) is 32.5 Å². The number of carboxylic acids is 1. The molecule has 0 bridgehead atoms. The van der Waals surface area contributed by atoms with E-state index in [1.54, 1.807) is 6.08 Å². The first-order chi connectivity index (χ1) is 7.61. The Morgan fingerprint density at radius 3 is 2.12 bits per heavy atom. The first-order valence-corrected chi connectivity index (χ1v) is 5.12. The molecule has 0 aromatic carbocycles. The maximum Gasteiger partial charge on any atom is 0.331 e. The highest BCUT2D eigenvalue weighted by atomic mass is 16.4. The fourth-order valence-corrected chi connectivity index (χ4v) is 0.926. The number of allylic oxidation sites excluding steroid dienone is 1. The summed E-state index contributed by atoms with van der Waals surface area (Å²) in [7, 11) is 0. The summed E-state index contributed by atoms with van der Waals surface area (Å²) in [5.41, 5.74) is 0.512. The molecular formula is C11H17N3O2. The van der Waals surface area contributed by atoms with Crippen molar-refractivity contribution in [1.29, 1.82) is 0 Å². The van der Waals surface area contributed by atoms with E-state index in [0.29, 0.717) is 12.0 Å². The van der Waals surface area contributed by atoms with Crippen molar-refractivity contribution in [3.05, 3.63) is 30.1 Å². The average molecular weight is 223 g/mol. The zero-order valence-electron chi connectivity index (χ0n) is 9.84. The van der Waals surface area contributed by atoms with E-state index in [1.807, 2.05) is 20.8 Å². The van der Waals surface area contributed by atoms with Crippen LogP contribution in [0, 0.1) is 6.92 Å². The number of aliphatic carboxylic acids is 1. The van der Waals surface area contributed by atoms with E-state index >= 15 is 0 Å². The first kappa shape index (κ1) is 14.2. The Labute approximate surface area is 95.3 Å². The fraction of sp³-hybridized carbons (Fsp3) is 0.455. The Bertz CT molecular complexity index is 336. The summed E-state index contributed by atoms with van der Waals surface area (Å²) in [6.07, 6.45) is 6.10. The Balaban J connectivity index is 0.000000288. The van der Waals surface area contributed by atoms with Crippen LogP contribution in [0.5, 0.6) is 0 Å². The molecule has 0 amide bonds. The molecule has 0 unspecified atom stereocenters. The average Bonchev–Trinajstić information content (AvgIpc) is 2.27. The lowest BCUT2D eigenvalue weighted by molar-refractivity contribution is -0.132. The second kappa shape index (κ2) is 8.52. The zero-order valence-corrected chi connectivity index (χ0v) is 9.84. The molecule has 1 aromatic rings. The lowest BCUT2D eigenvalue weighted by atomic mass is 10.2. The highest BCUT2D eigenvalue weighted by Crippen LogP contribution is 2.00. The molecule has 0 atom stereocenters. The van der Waals surface area contributed by atoms with Crippen LogP contribution < -0.4 is 0 Å². The molecule has 88 valence electrons. The van der Waals surface area contributed by atoms with E-state index in [2.05, 4.69) is 15.0 Å². The van der Waals surface area contributed by atoms with Crippen LogP contribution in [0.2, 0.25) is 0 Å². The Morgan fingerprint density at radius 2 is 1.94 bits per heavy atom. The predicted octanol–water partition coefficient (Wildman–Crippen LogP) is 2.00. The van der Waals surface area contributed by atoms with Gasteiger partial charge in [0.25, 0.3) is 0 Å². The van der Waals surface area contributed by atoms with E-state index in [9.17, 15) is 4.79 Å². The van der Waals surface area contributed by atoms with Gasteiger partial charge in [-0.2, -0.15) is 0 Å². The normalized spacial score (nSPS) is 10.3. The van der Waals surface area contributed by atoms with Gasteiger partial charge in [-0.25, -0.2) is 19.7 Å². The summed E-state index contributed by atoms with van der Waals surface area (Å²) in [5.74, 6) is -0.0330. The molecule has 0 saturated heterocycles. The lowest BCUT2D eigenvalue weighted by Gasteiger charge is -1.93. The van der Waals surface area contributed by atoms with Crippen molar-refractivity contribution in [3.8, 4) is 0 Å². The van der Waals surface area contributed by atoms with Crippen molar-refractivity contribution < 1.29 is 9.90 Å². The second-order valence-electron chi connectivity index (χ2n) is 2.98. The van der Waals surface area contributed by atoms with Crippen molar-refractivity contribution in [3.63, 3.8) is 0 Å². The van der Waals surface area contributed by atoms with Crippen LogP contribution in [0.4, 0.5) is 0 Å². The smallest absolute Gasteiger partial charge is 0.331 e. The summed E-state index contributed by atoms with van der Waals surface area (Å²) >= 11 is 0. The van der Waals surface area contributed by atoms with E-state index in [0.717, 1.165) is 12.2 Å². The molecule has 5 heteroatoms. The molecule has 0 radical (unpaired) electrons. The van der Waals surface area contributed by atoms with Gasteiger partial charge in [0.1, 0.15) is 18.5 Å². The van der Waals surface area contributed by atoms with Crippen molar-refractivity contribution in [2.45, 2.75) is 33.6 Å². The minimum absolute atomic E-state index is 0.512. The van der Waals surface area contributed by atoms with E-state index in [4.69, 9.17) is 5.11 Å².